The van der Waals surface area contributed by atoms with E-state index in [2.05, 4.69) is 162 Å². The quantitative estimate of drug-likeness (QED) is 0.177. The summed E-state index contributed by atoms with van der Waals surface area (Å²) in [6.07, 6.45) is 0. The van der Waals surface area contributed by atoms with Crippen LogP contribution >= 0.6 is 0 Å². The molecule has 0 radical (unpaired) electrons. The van der Waals surface area contributed by atoms with Gasteiger partial charge in [0, 0.05) is 54.9 Å². The van der Waals surface area contributed by atoms with Gasteiger partial charge in [0.25, 0.3) is 0 Å². The summed E-state index contributed by atoms with van der Waals surface area (Å²) in [6.45, 7) is 0. The molecule has 0 unspecified atom stereocenters. The first kappa shape index (κ1) is 31.6. The smallest absolute Gasteiger partial charge is 0.162 e. The molecule has 0 saturated carbocycles. The summed E-state index contributed by atoms with van der Waals surface area (Å²) in [5, 5.41) is 6.58. The van der Waals surface area contributed by atoms with Gasteiger partial charge in [0.2, 0.25) is 0 Å². The third kappa shape index (κ3) is 4.89. The van der Waals surface area contributed by atoms with Gasteiger partial charge < -0.3 is 8.83 Å². The van der Waals surface area contributed by atoms with Crippen LogP contribution in [0.1, 0.15) is 0 Å². The van der Waals surface area contributed by atoms with Crippen molar-refractivity contribution in [2.75, 3.05) is 0 Å². The second-order valence-electron chi connectivity index (χ2n) is 14.5. The van der Waals surface area contributed by atoms with Gasteiger partial charge in [0.1, 0.15) is 28.0 Å². The highest BCUT2D eigenvalue weighted by Gasteiger charge is 2.22. The number of para-hydroxylation sites is 6. The maximum absolute atomic E-state index is 6.41. The van der Waals surface area contributed by atoms with Gasteiger partial charge in [0.05, 0.1) is 16.6 Å². The Labute approximate surface area is 326 Å². The molecular formula is C52H31N3O2. The summed E-state index contributed by atoms with van der Waals surface area (Å²) >= 11 is 0. The van der Waals surface area contributed by atoms with Crippen LogP contribution in [0.15, 0.2) is 197 Å². The molecule has 5 heteroatoms. The molecule has 0 aliphatic carbocycles. The second kappa shape index (κ2) is 12.4. The third-order valence-electron chi connectivity index (χ3n) is 11.3. The molecule has 4 heterocycles. The summed E-state index contributed by atoms with van der Waals surface area (Å²) in [6, 6.07) is 65.3. The molecule has 8 aromatic carbocycles. The van der Waals surface area contributed by atoms with Gasteiger partial charge in [-0.3, -0.25) is 4.57 Å². The average Bonchev–Trinajstić information content (AvgIpc) is 3.96. The number of nitrogens with zero attached hydrogens (tertiary/aromatic N) is 3. The van der Waals surface area contributed by atoms with E-state index >= 15 is 0 Å². The molecule has 12 aromatic rings. The number of hydrogen-bond acceptors (Lipinski definition) is 4. The summed E-state index contributed by atoms with van der Waals surface area (Å²) in [5.41, 5.74) is 13.6. The molecule has 0 aliphatic heterocycles. The van der Waals surface area contributed by atoms with Gasteiger partial charge in [-0.2, -0.15) is 0 Å². The molecule has 0 spiro atoms. The molecule has 57 heavy (non-hydrogen) atoms. The molecule has 0 saturated heterocycles. The standard InChI is InChI=1S/C52H31N3O2/c1-2-12-36(13-3-1)55-44-21-7-4-16-43(44)47-48(34-28-24-32(25-29-34)37-17-10-19-41-39-14-5-8-22-45(39)56-49(37)41)53-51(54-52(47)55)35-30-26-33(27-31-35)38-18-11-20-42-40-15-6-9-23-46(40)57-50(38)42/h1-31H. The van der Waals surface area contributed by atoms with Gasteiger partial charge in [-0.05, 0) is 41.5 Å². The highest BCUT2D eigenvalue weighted by atomic mass is 16.3. The van der Waals surface area contributed by atoms with Crippen molar-refractivity contribution in [3.8, 4) is 50.6 Å². The molecule has 0 atom stereocenters. The predicted molar refractivity (Wildman–Crippen MR) is 233 cm³/mol. The molecule has 266 valence electrons. The van der Waals surface area contributed by atoms with Crippen molar-refractivity contribution in [1.82, 2.24) is 14.5 Å². The third-order valence-corrected chi connectivity index (χ3v) is 11.3. The fourth-order valence-electron chi connectivity index (χ4n) is 8.58. The average molecular weight is 730 g/mol. The highest BCUT2D eigenvalue weighted by molar-refractivity contribution is 6.15. The van der Waals surface area contributed by atoms with E-state index in [9.17, 15) is 0 Å². The van der Waals surface area contributed by atoms with Crippen molar-refractivity contribution in [2.24, 2.45) is 0 Å². The maximum Gasteiger partial charge on any atom is 0.162 e. The van der Waals surface area contributed by atoms with E-state index in [4.69, 9.17) is 18.8 Å². The van der Waals surface area contributed by atoms with Crippen molar-refractivity contribution >= 4 is 65.8 Å². The minimum Gasteiger partial charge on any atom is -0.455 e. The van der Waals surface area contributed by atoms with Gasteiger partial charge >= 0.3 is 0 Å². The zero-order valence-corrected chi connectivity index (χ0v) is 30.6. The summed E-state index contributed by atoms with van der Waals surface area (Å²) in [7, 11) is 0. The van der Waals surface area contributed by atoms with Crippen LogP contribution in [0.4, 0.5) is 0 Å². The lowest BCUT2D eigenvalue weighted by molar-refractivity contribution is 0.669. The van der Waals surface area contributed by atoms with Crippen molar-refractivity contribution in [3.05, 3.63) is 188 Å². The largest absolute Gasteiger partial charge is 0.455 e. The van der Waals surface area contributed by atoms with Crippen LogP contribution in [0.2, 0.25) is 0 Å². The molecule has 0 fully saturated rings. The Kier molecular flexibility index (Phi) is 6.86. The predicted octanol–water partition coefficient (Wildman–Crippen LogP) is 14.0. The maximum atomic E-state index is 6.41. The Hall–Kier alpha value is -7.76. The molecule has 0 amide bonds. The Balaban J connectivity index is 1.04. The Bertz CT molecular complexity index is 3500. The van der Waals surface area contributed by atoms with E-state index in [0.717, 1.165) is 111 Å². The minimum absolute atomic E-state index is 0.655. The summed E-state index contributed by atoms with van der Waals surface area (Å²) in [5.74, 6) is 0.655. The number of aromatic nitrogens is 3. The first-order chi connectivity index (χ1) is 28.3. The van der Waals surface area contributed by atoms with Crippen LogP contribution in [0, 0.1) is 0 Å². The molecule has 4 aromatic heterocycles. The topological polar surface area (TPSA) is 57.0 Å². The molecule has 0 aliphatic rings. The van der Waals surface area contributed by atoms with Crippen molar-refractivity contribution < 1.29 is 8.83 Å². The van der Waals surface area contributed by atoms with E-state index in [0.29, 0.717) is 5.82 Å². The number of hydrogen-bond donors (Lipinski definition) is 0. The normalized spacial score (nSPS) is 11.9. The summed E-state index contributed by atoms with van der Waals surface area (Å²) in [4.78, 5) is 10.8. The van der Waals surface area contributed by atoms with Gasteiger partial charge in [-0.25, -0.2) is 9.97 Å². The molecule has 0 bridgehead atoms. The van der Waals surface area contributed by atoms with Crippen molar-refractivity contribution in [2.45, 2.75) is 0 Å². The molecule has 12 rings (SSSR count). The lowest BCUT2D eigenvalue weighted by Crippen LogP contribution is -1.99. The van der Waals surface area contributed by atoms with Crippen LogP contribution in [0.5, 0.6) is 0 Å². The number of fused-ring (bicyclic) bond motifs is 9. The monoisotopic (exact) mass is 729 g/mol. The van der Waals surface area contributed by atoms with E-state index in [1.807, 2.05) is 30.3 Å². The van der Waals surface area contributed by atoms with Crippen LogP contribution in [0.25, 0.3) is 116 Å². The van der Waals surface area contributed by atoms with Crippen LogP contribution in [0.3, 0.4) is 0 Å². The fourth-order valence-corrected chi connectivity index (χ4v) is 8.58. The fraction of sp³-hybridized carbons (Fsp3) is 0. The van der Waals surface area contributed by atoms with Gasteiger partial charge in [0.15, 0.2) is 5.82 Å². The van der Waals surface area contributed by atoms with E-state index in [1.54, 1.807) is 0 Å². The molecular weight excluding hydrogens is 699 g/mol. The van der Waals surface area contributed by atoms with Gasteiger partial charge in [-0.15, -0.1) is 0 Å². The molecule has 5 nitrogen and oxygen atoms in total. The minimum atomic E-state index is 0.655. The first-order valence-electron chi connectivity index (χ1n) is 19.2. The van der Waals surface area contributed by atoms with E-state index in [-0.39, 0.29) is 0 Å². The lowest BCUT2D eigenvalue weighted by atomic mass is 9.99. The zero-order valence-electron chi connectivity index (χ0n) is 30.6. The lowest BCUT2D eigenvalue weighted by Gasteiger charge is -2.11. The van der Waals surface area contributed by atoms with Crippen LogP contribution in [-0.2, 0) is 0 Å². The number of furan rings is 2. The van der Waals surface area contributed by atoms with Crippen molar-refractivity contribution in [3.63, 3.8) is 0 Å². The van der Waals surface area contributed by atoms with E-state index in [1.165, 1.54) is 0 Å². The van der Waals surface area contributed by atoms with Gasteiger partial charge in [-0.1, -0.05) is 158 Å². The van der Waals surface area contributed by atoms with Crippen LogP contribution in [-0.4, -0.2) is 14.5 Å². The van der Waals surface area contributed by atoms with Crippen LogP contribution < -0.4 is 0 Å². The summed E-state index contributed by atoms with van der Waals surface area (Å²) < 4.78 is 15.1. The second-order valence-corrected chi connectivity index (χ2v) is 14.5. The Morgan fingerprint density at radius 1 is 0.368 bits per heavy atom. The SMILES string of the molecule is c1ccc(-n2c3ccccc3c3c(-c4ccc(-c5cccc6c5oc5ccccc56)cc4)nc(-c4ccc(-c5cccc6c5oc5ccccc56)cc4)nc32)cc1. The highest BCUT2D eigenvalue weighted by Crippen LogP contribution is 2.41. The Morgan fingerprint density at radius 3 is 1.47 bits per heavy atom. The number of benzene rings is 8. The number of rotatable bonds is 5. The first-order valence-corrected chi connectivity index (χ1v) is 19.2. The Morgan fingerprint density at radius 2 is 0.860 bits per heavy atom. The van der Waals surface area contributed by atoms with E-state index < -0.39 is 0 Å². The zero-order chi connectivity index (χ0) is 37.5. The molecule has 0 N–H and O–H groups in total. The van der Waals surface area contributed by atoms with Crippen molar-refractivity contribution in [1.29, 1.82) is 0 Å².